The molecule has 1 unspecified atom stereocenters. The van der Waals surface area contributed by atoms with Crippen molar-refractivity contribution in [1.82, 2.24) is 15.5 Å². The summed E-state index contributed by atoms with van der Waals surface area (Å²) in [6.07, 6.45) is 1.32. The summed E-state index contributed by atoms with van der Waals surface area (Å²) in [5.41, 5.74) is 2.52. The molecule has 3 N–H and O–H groups in total. The Labute approximate surface area is 136 Å². The van der Waals surface area contributed by atoms with E-state index < -0.39 is 11.7 Å². The molecule has 6 nitrogen and oxygen atoms in total. The number of nitrogens with one attached hydrogen (secondary N) is 3. The van der Waals surface area contributed by atoms with Crippen molar-refractivity contribution in [2.45, 2.75) is 39.3 Å². The van der Waals surface area contributed by atoms with Crippen LogP contribution < -0.4 is 10.6 Å². The molecule has 1 atom stereocenters. The molecule has 1 aromatic heterocycles. The van der Waals surface area contributed by atoms with Gasteiger partial charge in [-0.1, -0.05) is 12.1 Å². The molecule has 0 spiro atoms. The standard InChI is InChI=1S/C17H24N4O2/c1-12(11-18-16(22)23-17(2,3)4)20-14-7-5-6-13(10-14)15-8-9-19-21-15/h5-10,12,20H,11H2,1-4H3,(H,18,22)(H,19,21). The topological polar surface area (TPSA) is 79.0 Å². The first-order chi connectivity index (χ1) is 10.8. The lowest BCUT2D eigenvalue weighted by molar-refractivity contribution is 0.0526. The molecular formula is C17H24N4O2. The number of aromatic nitrogens is 2. The number of amides is 1. The summed E-state index contributed by atoms with van der Waals surface area (Å²) in [4.78, 5) is 11.7. The van der Waals surface area contributed by atoms with Gasteiger partial charge in [-0.15, -0.1) is 0 Å². The molecule has 2 aromatic rings. The lowest BCUT2D eigenvalue weighted by Gasteiger charge is -2.21. The van der Waals surface area contributed by atoms with Crippen molar-refractivity contribution in [2.75, 3.05) is 11.9 Å². The van der Waals surface area contributed by atoms with Gasteiger partial charge in [0.25, 0.3) is 0 Å². The van der Waals surface area contributed by atoms with E-state index in [1.54, 1.807) is 6.20 Å². The van der Waals surface area contributed by atoms with Crippen LogP contribution >= 0.6 is 0 Å². The fraction of sp³-hybridized carbons (Fsp3) is 0.412. The van der Waals surface area contributed by atoms with Crippen LogP contribution in [0.25, 0.3) is 11.3 Å². The van der Waals surface area contributed by atoms with E-state index in [0.29, 0.717) is 6.54 Å². The van der Waals surface area contributed by atoms with Crippen LogP contribution in [0.2, 0.25) is 0 Å². The van der Waals surface area contributed by atoms with Crippen LogP contribution in [0.15, 0.2) is 36.5 Å². The number of aromatic amines is 1. The lowest BCUT2D eigenvalue weighted by atomic mass is 10.1. The number of ether oxygens (including phenoxy) is 1. The molecule has 0 aliphatic carbocycles. The number of hydrogen-bond acceptors (Lipinski definition) is 4. The normalized spacial score (nSPS) is 12.5. The third kappa shape index (κ3) is 5.65. The third-order valence-corrected chi connectivity index (χ3v) is 3.04. The van der Waals surface area contributed by atoms with Crippen LogP contribution in [0.5, 0.6) is 0 Å². The molecule has 0 aliphatic rings. The van der Waals surface area contributed by atoms with E-state index in [4.69, 9.17) is 4.74 Å². The maximum Gasteiger partial charge on any atom is 0.407 e. The van der Waals surface area contributed by atoms with Gasteiger partial charge in [-0.25, -0.2) is 4.79 Å². The van der Waals surface area contributed by atoms with Crippen molar-refractivity contribution in [3.05, 3.63) is 36.5 Å². The Morgan fingerprint density at radius 1 is 1.35 bits per heavy atom. The smallest absolute Gasteiger partial charge is 0.407 e. The summed E-state index contributed by atoms with van der Waals surface area (Å²) >= 11 is 0. The minimum absolute atomic E-state index is 0.0690. The summed E-state index contributed by atoms with van der Waals surface area (Å²) < 4.78 is 5.22. The summed E-state index contributed by atoms with van der Waals surface area (Å²) in [6.45, 7) is 8.00. The molecular weight excluding hydrogens is 292 g/mol. The number of H-pyrrole nitrogens is 1. The number of hydrogen-bond donors (Lipinski definition) is 3. The monoisotopic (exact) mass is 316 g/mol. The molecule has 0 fully saturated rings. The van der Waals surface area contributed by atoms with Gasteiger partial charge in [0, 0.05) is 30.0 Å². The number of alkyl carbamates (subject to hydrolysis) is 1. The van der Waals surface area contributed by atoms with Crippen molar-refractivity contribution in [2.24, 2.45) is 0 Å². The van der Waals surface area contributed by atoms with Gasteiger partial charge < -0.3 is 15.4 Å². The number of benzene rings is 1. The van der Waals surface area contributed by atoms with Crippen molar-refractivity contribution in [1.29, 1.82) is 0 Å². The summed E-state index contributed by atoms with van der Waals surface area (Å²) in [5, 5.41) is 13.0. The third-order valence-electron chi connectivity index (χ3n) is 3.04. The van der Waals surface area contributed by atoms with E-state index in [1.807, 2.05) is 58.0 Å². The predicted molar refractivity (Wildman–Crippen MR) is 91.3 cm³/mol. The van der Waals surface area contributed by atoms with E-state index in [-0.39, 0.29) is 6.04 Å². The van der Waals surface area contributed by atoms with Crippen molar-refractivity contribution in [3.8, 4) is 11.3 Å². The molecule has 1 heterocycles. The molecule has 0 saturated carbocycles. The second kappa shape index (κ2) is 7.17. The number of rotatable bonds is 5. The Morgan fingerprint density at radius 3 is 2.78 bits per heavy atom. The fourth-order valence-corrected chi connectivity index (χ4v) is 2.08. The van der Waals surface area contributed by atoms with Gasteiger partial charge in [-0.2, -0.15) is 5.10 Å². The molecule has 6 heteroatoms. The number of anilines is 1. The van der Waals surface area contributed by atoms with Gasteiger partial charge in [0.15, 0.2) is 0 Å². The Balaban J connectivity index is 1.87. The van der Waals surface area contributed by atoms with Crippen LogP contribution in [-0.2, 0) is 4.74 Å². The van der Waals surface area contributed by atoms with E-state index in [1.165, 1.54) is 0 Å². The highest BCUT2D eigenvalue weighted by Crippen LogP contribution is 2.20. The molecule has 2 rings (SSSR count). The quantitative estimate of drug-likeness (QED) is 0.790. The number of nitrogens with zero attached hydrogens (tertiary/aromatic N) is 1. The SMILES string of the molecule is CC(CNC(=O)OC(C)(C)C)Nc1cccc(-c2ccn[nH]2)c1. The molecule has 124 valence electrons. The predicted octanol–water partition coefficient (Wildman–Crippen LogP) is 3.40. The van der Waals surface area contributed by atoms with Crippen LogP contribution in [-0.4, -0.2) is 34.5 Å². The number of carbonyl (C=O) groups excluding carboxylic acids is 1. The zero-order valence-electron chi connectivity index (χ0n) is 14.0. The first-order valence-electron chi connectivity index (χ1n) is 7.67. The molecule has 1 amide bonds. The fourth-order valence-electron chi connectivity index (χ4n) is 2.08. The minimum atomic E-state index is -0.487. The van der Waals surface area contributed by atoms with Crippen molar-refractivity contribution < 1.29 is 9.53 Å². The second-order valence-electron chi connectivity index (χ2n) is 6.48. The van der Waals surface area contributed by atoms with Gasteiger partial charge in [-0.3, -0.25) is 5.10 Å². The lowest BCUT2D eigenvalue weighted by Crippen LogP contribution is -2.38. The van der Waals surface area contributed by atoms with Gasteiger partial charge in [-0.05, 0) is 45.9 Å². The molecule has 23 heavy (non-hydrogen) atoms. The summed E-state index contributed by atoms with van der Waals surface area (Å²) in [6, 6.07) is 10.0. The Bertz CT molecular complexity index is 632. The van der Waals surface area contributed by atoms with Gasteiger partial charge >= 0.3 is 6.09 Å². The maximum atomic E-state index is 11.7. The van der Waals surface area contributed by atoms with Gasteiger partial charge in [0.05, 0.1) is 5.69 Å². The van der Waals surface area contributed by atoms with Crippen LogP contribution in [0.4, 0.5) is 10.5 Å². The van der Waals surface area contributed by atoms with Gasteiger partial charge in [0.1, 0.15) is 5.60 Å². The van der Waals surface area contributed by atoms with Crippen molar-refractivity contribution in [3.63, 3.8) is 0 Å². The second-order valence-corrected chi connectivity index (χ2v) is 6.48. The highest BCUT2D eigenvalue weighted by atomic mass is 16.6. The summed E-state index contributed by atoms with van der Waals surface area (Å²) in [5.74, 6) is 0. The Hall–Kier alpha value is -2.50. The first kappa shape index (κ1) is 16.9. The van der Waals surface area contributed by atoms with Gasteiger partial charge in [0.2, 0.25) is 0 Å². The Kier molecular flexibility index (Phi) is 5.26. The highest BCUT2D eigenvalue weighted by Gasteiger charge is 2.16. The van der Waals surface area contributed by atoms with E-state index in [2.05, 4.69) is 20.8 Å². The van der Waals surface area contributed by atoms with Crippen molar-refractivity contribution >= 4 is 11.8 Å². The van der Waals surface area contributed by atoms with E-state index in [9.17, 15) is 4.79 Å². The molecule has 0 radical (unpaired) electrons. The molecule has 0 saturated heterocycles. The molecule has 0 bridgehead atoms. The number of carbonyl (C=O) groups is 1. The van der Waals surface area contributed by atoms with Crippen LogP contribution in [0, 0.1) is 0 Å². The maximum absolute atomic E-state index is 11.7. The zero-order chi connectivity index (χ0) is 16.9. The average Bonchev–Trinajstić information content (AvgIpc) is 2.98. The van der Waals surface area contributed by atoms with Crippen LogP contribution in [0.3, 0.4) is 0 Å². The highest BCUT2D eigenvalue weighted by molar-refractivity contribution is 5.68. The first-order valence-corrected chi connectivity index (χ1v) is 7.67. The summed E-state index contributed by atoms with van der Waals surface area (Å²) in [7, 11) is 0. The molecule has 1 aromatic carbocycles. The van der Waals surface area contributed by atoms with E-state index in [0.717, 1.165) is 16.9 Å². The zero-order valence-corrected chi connectivity index (χ0v) is 14.0. The largest absolute Gasteiger partial charge is 0.444 e. The minimum Gasteiger partial charge on any atom is -0.444 e. The molecule has 0 aliphatic heterocycles. The Morgan fingerprint density at radius 2 is 2.13 bits per heavy atom. The van der Waals surface area contributed by atoms with E-state index >= 15 is 0 Å². The van der Waals surface area contributed by atoms with Crippen LogP contribution in [0.1, 0.15) is 27.7 Å². The average molecular weight is 316 g/mol.